The summed E-state index contributed by atoms with van der Waals surface area (Å²) in [6.07, 6.45) is 1.91. The molecular formula is C16H30O5. The van der Waals surface area contributed by atoms with Crippen LogP contribution in [0.4, 0.5) is 0 Å². The molecule has 1 fully saturated rings. The largest absolute Gasteiger partial charge is 0.460 e. The van der Waals surface area contributed by atoms with Crippen molar-refractivity contribution in [2.75, 3.05) is 13.2 Å². The first-order valence-corrected chi connectivity index (χ1v) is 7.93. The van der Waals surface area contributed by atoms with E-state index in [1.807, 2.05) is 34.6 Å². The van der Waals surface area contributed by atoms with Crippen molar-refractivity contribution in [3.8, 4) is 0 Å². The van der Waals surface area contributed by atoms with Gasteiger partial charge in [0.15, 0.2) is 5.79 Å². The van der Waals surface area contributed by atoms with Crippen molar-refractivity contribution in [3.63, 3.8) is 0 Å². The zero-order chi connectivity index (χ0) is 16.1. The SMILES string of the molecule is CCC(O)CCC1(C(CC)C(=O)OC(C)(C)C)OCCO1. The van der Waals surface area contributed by atoms with Crippen LogP contribution in [0.15, 0.2) is 0 Å². The van der Waals surface area contributed by atoms with Gasteiger partial charge < -0.3 is 19.3 Å². The number of aliphatic hydroxyl groups excluding tert-OH is 1. The summed E-state index contributed by atoms with van der Waals surface area (Å²) in [5.74, 6) is -1.71. The molecule has 1 saturated heterocycles. The van der Waals surface area contributed by atoms with E-state index in [-0.39, 0.29) is 5.97 Å². The molecule has 0 aromatic heterocycles. The molecule has 0 saturated carbocycles. The maximum absolute atomic E-state index is 12.5. The summed E-state index contributed by atoms with van der Waals surface area (Å²) >= 11 is 0. The quantitative estimate of drug-likeness (QED) is 0.732. The fraction of sp³-hybridized carbons (Fsp3) is 0.938. The van der Waals surface area contributed by atoms with Crippen LogP contribution in [-0.2, 0) is 19.0 Å². The zero-order valence-corrected chi connectivity index (χ0v) is 14.0. The van der Waals surface area contributed by atoms with E-state index in [1.54, 1.807) is 0 Å². The van der Waals surface area contributed by atoms with Gasteiger partial charge in [-0.1, -0.05) is 13.8 Å². The monoisotopic (exact) mass is 302 g/mol. The van der Waals surface area contributed by atoms with Crippen molar-refractivity contribution in [1.29, 1.82) is 0 Å². The maximum Gasteiger partial charge on any atom is 0.314 e. The minimum absolute atomic E-state index is 0.294. The Hall–Kier alpha value is -0.650. The van der Waals surface area contributed by atoms with Crippen molar-refractivity contribution < 1.29 is 24.1 Å². The van der Waals surface area contributed by atoms with Crippen LogP contribution in [0.1, 0.15) is 60.3 Å². The first kappa shape index (κ1) is 18.4. The Morgan fingerprint density at radius 3 is 2.24 bits per heavy atom. The smallest absolute Gasteiger partial charge is 0.314 e. The summed E-state index contributed by atoms with van der Waals surface area (Å²) in [6, 6.07) is 0. The molecule has 5 nitrogen and oxygen atoms in total. The van der Waals surface area contributed by atoms with Gasteiger partial charge in [-0.25, -0.2) is 0 Å². The number of esters is 1. The fourth-order valence-electron chi connectivity index (χ4n) is 2.59. The zero-order valence-electron chi connectivity index (χ0n) is 14.0. The minimum Gasteiger partial charge on any atom is -0.460 e. The second-order valence-corrected chi connectivity index (χ2v) is 6.60. The number of hydrogen-bond acceptors (Lipinski definition) is 5. The van der Waals surface area contributed by atoms with E-state index in [0.717, 1.165) is 0 Å². The molecule has 0 aliphatic carbocycles. The normalized spacial score (nSPS) is 21.0. The van der Waals surface area contributed by atoms with Crippen LogP contribution >= 0.6 is 0 Å². The van der Waals surface area contributed by atoms with Crippen LogP contribution in [0.3, 0.4) is 0 Å². The Labute approximate surface area is 128 Å². The third-order valence-corrected chi connectivity index (χ3v) is 3.70. The Kier molecular flexibility index (Phi) is 6.63. The first-order valence-electron chi connectivity index (χ1n) is 7.93. The van der Waals surface area contributed by atoms with Crippen molar-refractivity contribution in [3.05, 3.63) is 0 Å². The lowest BCUT2D eigenvalue weighted by Gasteiger charge is -2.35. The molecule has 1 rings (SSSR count). The summed E-state index contributed by atoms with van der Waals surface area (Å²) in [5.41, 5.74) is -0.534. The second-order valence-electron chi connectivity index (χ2n) is 6.60. The predicted molar refractivity (Wildman–Crippen MR) is 79.8 cm³/mol. The Morgan fingerprint density at radius 2 is 1.81 bits per heavy atom. The molecule has 1 N–H and O–H groups in total. The van der Waals surface area contributed by atoms with E-state index in [2.05, 4.69) is 0 Å². The molecule has 0 amide bonds. The molecule has 2 atom stereocenters. The van der Waals surface area contributed by atoms with Crippen LogP contribution in [0.25, 0.3) is 0 Å². The number of hydrogen-bond donors (Lipinski definition) is 1. The highest BCUT2D eigenvalue weighted by Crippen LogP contribution is 2.37. The third kappa shape index (κ3) is 5.24. The summed E-state index contributed by atoms with van der Waals surface area (Å²) in [7, 11) is 0. The van der Waals surface area contributed by atoms with Gasteiger partial charge in [0.05, 0.1) is 19.3 Å². The van der Waals surface area contributed by atoms with Gasteiger partial charge in [-0.3, -0.25) is 4.79 Å². The lowest BCUT2D eigenvalue weighted by Crippen LogP contribution is -2.46. The molecule has 0 spiro atoms. The summed E-state index contributed by atoms with van der Waals surface area (Å²) in [5, 5.41) is 9.78. The van der Waals surface area contributed by atoms with Gasteiger partial charge >= 0.3 is 5.97 Å². The van der Waals surface area contributed by atoms with Gasteiger partial charge in [-0.15, -0.1) is 0 Å². The molecule has 0 aromatic rings. The molecule has 124 valence electrons. The minimum atomic E-state index is -0.951. The van der Waals surface area contributed by atoms with Crippen LogP contribution < -0.4 is 0 Å². The summed E-state index contributed by atoms with van der Waals surface area (Å²) in [4.78, 5) is 12.5. The van der Waals surface area contributed by atoms with Crippen molar-refractivity contribution in [1.82, 2.24) is 0 Å². The van der Waals surface area contributed by atoms with Crippen LogP contribution in [-0.4, -0.2) is 41.8 Å². The second kappa shape index (κ2) is 7.56. The summed E-state index contributed by atoms with van der Waals surface area (Å²) < 4.78 is 17.1. The molecule has 5 heteroatoms. The average molecular weight is 302 g/mol. The molecule has 1 aliphatic heterocycles. The van der Waals surface area contributed by atoms with Crippen LogP contribution in [0, 0.1) is 5.92 Å². The number of carbonyl (C=O) groups excluding carboxylic acids is 1. The van der Waals surface area contributed by atoms with E-state index in [1.165, 1.54) is 0 Å². The van der Waals surface area contributed by atoms with Gasteiger partial charge in [-0.05, 0) is 40.0 Å². The molecule has 0 aromatic carbocycles. The molecular weight excluding hydrogens is 272 g/mol. The van der Waals surface area contributed by atoms with Gasteiger partial charge in [0.25, 0.3) is 0 Å². The van der Waals surface area contributed by atoms with Crippen LogP contribution in [0.5, 0.6) is 0 Å². The van der Waals surface area contributed by atoms with E-state index < -0.39 is 23.4 Å². The lowest BCUT2D eigenvalue weighted by molar-refractivity contribution is -0.220. The summed E-state index contributed by atoms with van der Waals surface area (Å²) in [6.45, 7) is 10.4. The Bertz CT molecular complexity index is 328. The van der Waals surface area contributed by atoms with E-state index >= 15 is 0 Å². The Balaban J connectivity index is 2.82. The van der Waals surface area contributed by atoms with E-state index in [4.69, 9.17) is 14.2 Å². The molecule has 0 radical (unpaired) electrons. The molecule has 1 aliphatic rings. The highest BCUT2D eigenvalue weighted by atomic mass is 16.7. The topological polar surface area (TPSA) is 65.0 Å². The number of rotatable bonds is 7. The number of aliphatic hydroxyl groups is 1. The van der Waals surface area contributed by atoms with E-state index in [9.17, 15) is 9.90 Å². The number of ether oxygens (including phenoxy) is 3. The van der Waals surface area contributed by atoms with Crippen LogP contribution in [0.2, 0.25) is 0 Å². The molecule has 0 bridgehead atoms. The van der Waals surface area contributed by atoms with E-state index in [0.29, 0.717) is 38.9 Å². The lowest BCUT2D eigenvalue weighted by atomic mass is 9.90. The highest BCUT2D eigenvalue weighted by molar-refractivity contribution is 5.74. The van der Waals surface area contributed by atoms with Gasteiger partial charge in [-0.2, -0.15) is 0 Å². The number of carbonyl (C=O) groups is 1. The maximum atomic E-state index is 12.5. The standard InChI is InChI=1S/C16H30O5/c1-6-12(17)8-9-16(19-10-11-20-16)13(7-2)14(18)21-15(3,4)5/h12-13,17H,6-11H2,1-5H3. The Morgan fingerprint density at radius 1 is 1.24 bits per heavy atom. The molecule has 2 unspecified atom stereocenters. The molecule has 1 heterocycles. The van der Waals surface area contributed by atoms with Gasteiger partial charge in [0.2, 0.25) is 0 Å². The van der Waals surface area contributed by atoms with Crippen molar-refractivity contribution in [2.45, 2.75) is 77.8 Å². The van der Waals surface area contributed by atoms with Gasteiger partial charge in [0, 0.05) is 6.42 Å². The first-order chi connectivity index (χ1) is 9.74. The fourth-order valence-corrected chi connectivity index (χ4v) is 2.59. The molecule has 21 heavy (non-hydrogen) atoms. The predicted octanol–water partition coefficient (Wildman–Crippen LogP) is 2.65. The van der Waals surface area contributed by atoms with Crippen molar-refractivity contribution in [2.24, 2.45) is 5.92 Å². The van der Waals surface area contributed by atoms with Gasteiger partial charge in [0.1, 0.15) is 11.5 Å². The third-order valence-electron chi connectivity index (χ3n) is 3.70. The van der Waals surface area contributed by atoms with Crippen molar-refractivity contribution >= 4 is 5.97 Å². The average Bonchev–Trinajstić information content (AvgIpc) is 2.84. The highest BCUT2D eigenvalue weighted by Gasteiger charge is 2.48.